The van der Waals surface area contributed by atoms with Crippen LogP contribution in [0.1, 0.15) is 18.9 Å². The van der Waals surface area contributed by atoms with E-state index < -0.39 is 0 Å². The molecule has 0 amide bonds. The van der Waals surface area contributed by atoms with Gasteiger partial charge in [-0.15, -0.1) is 0 Å². The van der Waals surface area contributed by atoms with Gasteiger partial charge in [-0.05, 0) is 18.6 Å². The van der Waals surface area contributed by atoms with Gasteiger partial charge >= 0.3 is 0 Å². The Morgan fingerprint density at radius 1 is 1.46 bits per heavy atom. The Kier molecular flexibility index (Phi) is 4.25. The Hall–Kier alpha value is -0.540. The summed E-state index contributed by atoms with van der Waals surface area (Å²) in [5, 5.41) is 3.34. The van der Waals surface area contributed by atoms with Gasteiger partial charge in [0.2, 0.25) is 0 Å². The molecule has 0 heterocycles. The molecule has 0 fully saturated rings. The maximum absolute atomic E-state index is 5.65. The van der Waals surface area contributed by atoms with Crippen LogP contribution >= 0.6 is 15.9 Å². The zero-order valence-electron chi connectivity index (χ0n) is 7.81. The summed E-state index contributed by atoms with van der Waals surface area (Å²) >= 11 is 3.48. The second-order valence-corrected chi connectivity index (χ2v) is 3.75. The fourth-order valence-electron chi connectivity index (χ4n) is 1.19. The van der Waals surface area contributed by atoms with E-state index in [1.807, 2.05) is 12.1 Å². The maximum Gasteiger partial charge on any atom is 0.0397 e. The van der Waals surface area contributed by atoms with Crippen LogP contribution in [0.5, 0.6) is 0 Å². The molecule has 0 aliphatic rings. The fraction of sp³-hybridized carbons (Fsp3) is 0.400. The summed E-state index contributed by atoms with van der Waals surface area (Å²) in [5.74, 6) is 0. The lowest BCUT2D eigenvalue weighted by atomic mass is 10.2. The van der Waals surface area contributed by atoms with Crippen molar-refractivity contribution in [2.75, 3.05) is 11.9 Å². The lowest BCUT2D eigenvalue weighted by Crippen LogP contribution is -2.06. The third-order valence-corrected chi connectivity index (χ3v) is 2.63. The number of hydrogen-bond acceptors (Lipinski definition) is 2. The maximum atomic E-state index is 5.65. The highest BCUT2D eigenvalue weighted by Crippen LogP contribution is 2.23. The zero-order chi connectivity index (χ0) is 9.68. The molecule has 0 aliphatic carbocycles. The molecule has 0 atom stereocenters. The highest BCUT2D eigenvalue weighted by molar-refractivity contribution is 9.10. The molecule has 0 bridgehead atoms. The molecule has 13 heavy (non-hydrogen) atoms. The first kappa shape index (κ1) is 10.5. The van der Waals surface area contributed by atoms with Crippen LogP contribution in [0.3, 0.4) is 0 Å². The van der Waals surface area contributed by atoms with Gasteiger partial charge in [-0.3, -0.25) is 0 Å². The van der Waals surface area contributed by atoms with E-state index in [1.165, 1.54) is 0 Å². The number of nitrogens with one attached hydrogen (secondary N) is 1. The number of benzene rings is 1. The summed E-state index contributed by atoms with van der Waals surface area (Å²) in [6, 6.07) is 6.09. The Morgan fingerprint density at radius 2 is 2.23 bits per heavy atom. The van der Waals surface area contributed by atoms with Crippen molar-refractivity contribution < 1.29 is 0 Å². The highest BCUT2D eigenvalue weighted by Gasteiger charge is 2.02. The van der Waals surface area contributed by atoms with Crippen LogP contribution in [0.2, 0.25) is 0 Å². The summed E-state index contributed by atoms with van der Waals surface area (Å²) in [7, 11) is 0. The lowest BCUT2D eigenvalue weighted by Gasteiger charge is -2.11. The molecule has 1 rings (SSSR count). The molecule has 3 N–H and O–H groups in total. The molecular weight excluding hydrogens is 228 g/mol. The van der Waals surface area contributed by atoms with Crippen LogP contribution in [0.4, 0.5) is 5.69 Å². The normalized spacial score (nSPS) is 10.1. The van der Waals surface area contributed by atoms with Crippen molar-refractivity contribution in [1.29, 1.82) is 0 Å². The molecular formula is C10H15BrN2. The number of nitrogens with two attached hydrogens (primary N) is 1. The average molecular weight is 243 g/mol. The highest BCUT2D eigenvalue weighted by atomic mass is 79.9. The van der Waals surface area contributed by atoms with Crippen LogP contribution in [-0.2, 0) is 6.54 Å². The second-order valence-electron chi connectivity index (χ2n) is 2.90. The minimum atomic E-state index is 0.563. The predicted molar refractivity (Wildman–Crippen MR) is 60.8 cm³/mol. The average Bonchev–Trinajstić information content (AvgIpc) is 2.15. The molecule has 0 aromatic heterocycles. The van der Waals surface area contributed by atoms with E-state index in [0.717, 1.165) is 28.7 Å². The van der Waals surface area contributed by atoms with Gasteiger partial charge in [0.1, 0.15) is 0 Å². The molecule has 0 spiro atoms. The van der Waals surface area contributed by atoms with Crippen molar-refractivity contribution in [3.63, 3.8) is 0 Å². The largest absolute Gasteiger partial charge is 0.385 e. The van der Waals surface area contributed by atoms with Gasteiger partial charge in [0.05, 0.1) is 0 Å². The monoisotopic (exact) mass is 242 g/mol. The van der Waals surface area contributed by atoms with E-state index in [9.17, 15) is 0 Å². The molecule has 72 valence electrons. The minimum Gasteiger partial charge on any atom is -0.385 e. The third-order valence-electron chi connectivity index (χ3n) is 1.89. The lowest BCUT2D eigenvalue weighted by molar-refractivity contribution is 0.967. The molecule has 1 aromatic carbocycles. The van der Waals surface area contributed by atoms with Gasteiger partial charge < -0.3 is 11.1 Å². The number of hydrogen-bond donors (Lipinski definition) is 2. The zero-order valence-corrected chi connectivity index (χ0v) is 9.39. The van der Waals surface area contributed by atoms with E-state index in [-0.39, 0.29) is 0 Å². The Labute approximate surface area is 87.6 Å². The molecule has 1 aromatic rings. The van der Waals surface area contributed by atoms with E-state index in [2.05, 4.69) is 34.2 Å². The molecule has 0 saturated carbocycles. The Bertz CT molecular complexity index is 274. The van der Waals surface area contributed by atoms with E-state index >= 15 is 0 Å². The van der Waals surface area contributed by atoms with E-state index in [0.29, 0.717) is 6.54 Å². The van der Waals surface area contributed by atoms with Crippen LogP contribution < -0.4 is 11.1 Å². The van der Waals surface area contributed by atoms with E-state index in [4.69, 9.17) is 5.73 Å². The summed E-state index contributed by atoms with van der Waals surface area (Å²) < 4.78 is 1.08. The molecule has 0 radical (unpaired) electrons. The molecule has 2 nitrogen and oxygen atoms in total. The molecule has 3 heteroatoms. The predicted octanol–water partition coefficient (Wildman–Crippen LogP) is 2.73. The number of rotatable bonds is 4. The first-order chi connectivity index (χ1) is 6.29. The van der Waals surface area contributed by atoms with Crippen molar-refractivity contribution in [1.82, 2.24) is 0 Å². The number of anilines is 1. The van der Waals surface area contributed by atoms with Crippen molar-refractivity contribution in [2.45, 2.75) is 19.9 Å². The van der Waals surface area contributed by atoms with Crippen LogP contribution in [0.15, 0.2) is 22.7 Å². The summed E-state index contributed by atoms with van der Waals surface area (Å²) in [6.45, 7) is 3.70. The molecule has 0 aliphatic heterocycles. The van der Waals surface area contributed by atoms with Crippen molar-refractivity contribution in [3.05, 3.63) is 28.2 Å². The van der Waals surface area contributed by atoms with Gasteiger partial charge in [-0.1, -0.05) is 28.9 Å². The first-order valence-corrected chi connectivity index (χ1v) is 5.30. The SMILES string of the molecule is CCCNc1cccc(Br)c1CN. The van der Waals surface area contributed by atoms with Crippen LogP contribution in [-0.4, -0.2) is 6.54 Å². The molecule has 0 unspecified atom stereocenters. The Balaban J connectivity index is 2.85. The van der Waals surface area contributed by atoms with Crippen LogP contribution in [0, 0.1) is 0 Å². The van der Waals surface area contributed by atoms with Crippen molar-refractivity contribution in [2.24, 2.45) is 5.73 Å². The second kappa shape index (κ2) is 5.25. The van der Waals surface area contributed by atoms with Gasteiger partial charge in [-0.2, -0.15) is 0 Å². The smallest absolute Gasteiger partial charge is 0.0397 e. The Morgan fingerprint density at radius 3 is 2.85 bits per heavy atom. The quantitative estimate of drug-likeness (QED) is 0.853. The fourth-order valence-corrected chi connectivity index (χ4v) is 1.72. The summed E-state index contributed by atoms with van der Waals surface area (Å²) in [5.41, 5.74) is 7.94. The van der Waals surface area contributed by atoms with Crippen LogP contribution in [0.25, 0.3) is 0 Å². The van der Waals surface area contributed by atoms with Crippen molar-refractivity contribution >= 4 is 21.6 Å². The minimum absolute atomic E-state index is 0.563. The topological polar surface area (TPSA) is 38.0 Å². The van der Waals surface area contributed by atoms with Gasteiger partial charge in [0.25, 0.3) is 0 Å². The molecule has 0 saturated heterocycles. The number of halogens is 1. The summed E-state index contributed by atoms with van der Waals surface area (Å²) in [4.78, 5) is 0. The van der Waals surface area contributed by atoms with Gasteiger partial charge in [0.15, 0.2) is 0 Å². The summed E-state index contributed by atoms with van der Waals surface area (Å²) in [6.07, 6.45) is 1.12. The van der Waals surface area contributed by atoms with E-state index in [1.54, 1.807) is 0 Å². The van der Waals surface area contributed by atoms with Crippen molar-refractivity contribution in [3.8, 4) is 0 Å². The van der Waals surface area contributed by atoms with Gasteiger partial charge in [0, 0.05) is 28.8 Å². The standard InChI is InChI=1S/C10H15BrN2/c1-2-6-13-10-5-3-4-9(11)8(10)7-12/h3-5,13H,2,6-7,12H2,1H3. The first-order valence-electron chi connectivity index (χ1n) is 4.51. The van der Waals surface area contributed by atoms with Gasteiger partial charge in [-0.25, -0.2) is 0 Å². The third kappa shape index (κ3) is 2.71.